The van der Waals surface area contributed by atoms with Crippen LogP contribution in [0.5, 0.6) is 5.75 Å². The number of hydrogen-bond acceptors (Lipinski definition) is 3. The molecule has 2 rings (SSSR count). The summed E-state index contributed by atoms with van der Waals surface area (Å²) in [7, 11) is 1.44. The van der Waals surface area contributed by atoms with Crippen molar-refractivity contribution in [3.8, 4) is 5.75 Å². The Kier molecular flexibility index (Phi) is 2.82. The average molecular weight is 263 g/mol. The third-order valence-electron chi connectivity index (χ3n) is 2.11. The summed E-state index contributed by atoms with van der Waals surface area (Å²) >= 11 is 5.69. The van der Waals surface area contributed by atoms with Crippen molar-refractivity contribution in [1.82, 2.24) is 9.97 Å². The molecule has 0 fully saturated rings. The van der Waals surface area contributed by atoms with Gasteiger partial charge in [-0.3, -0.25) is 0 Å². The second kappa shape index (κ2) is 4.03. The normalized spacial score (nSPS) is 11.8. The molecule has 7 heteroatoms. The molecule has 2 aromatic rings. The van der Waals surface area contributed by atoms with Gasteiger partial charge < -0.3 is 4.74 Å². The molecule has 0 amide bonds. The molecule has 0 radical (unpaired) electrons. The summed E-state index contributed by atoms with van der Waals surface area (Å²) in [4.78, 5) is 6.63. The third kappa shape index (κ3) is 2.26. The highest BCUT2D eigenvalue weighted by Gasteiger charge is 2.35. The molecule has 0 N–H and O–H groups in total. The van der Waals surface area contributed by atoms with E-state index in [1.54, 1.807) is 0 Å². The lowest BCUT2D eigenvalue weighted by Crippen LogP contribution is -2.11. The Morgan fingerprint density at radius 2 is 1.94 bits per heavy atom. The molecule has 1 heterocycles. The summed E-state index contributed by atoms with van der Waals surface area (Å²) in [5.41, 5.74) is 0.123. The van der Waals surface area contributed by atoms with Gasteiger partial charge in [-0.05, 0) is 18.2 Å². The fourth-order valence-corrected chi connectivity index (χ4v) is 1.56. The fourth-order valence-electron chi connectivity index (χ4n) is 1.32. The van der Waals surface area contributed by atoms with Crippen LogP contribution in [0.1, 0.15) is 5.82 Å². The minimum absolute atomic E-state index is 0.123. The van der Waals surface area contributed by atoms with E-state index in [4.69, 9.17) is 16.3 Å². The van der Waals surface area contributed by atoms with Gasteiger partial charge in [0.15, 0.2) is 0 Å². The maximum absolute atomic E-state index is 12.4. The molecule has 90 valence electrons. The van der Waals surface area contributed by atoms with Gasteiger partial charge in [-0.15, -0.1) is 0 Å². The number of aromatic nitrogens is 2. The molecule has 1 aromatic heterocycles. The van der Waals surface area contributed by atoms with E-state index in [9.17, 15) is 13.2 Å². The lowest BCUT2D eigenvalue weighted by atomic mass is 10.2. The standard InChI is InChI=1S/C10H6ClF3N2O/c1-17-5-2-3-7-6(4-5)8(11)16-9(15-7)10(12,13)14/h2-4H,1H3. The Bertz CT molecular complexity index is 571. The number of ether oxygens (including phenoxy) is 1. The smallest absolute Gasteiger partial charge is 0.451 e. The molecule has 0 spiro atoms. The third-order valence-corrected chi connectivity index (χ3v) is 2.40. The average Bonchev–Trinajstić information content (AvgIpc) is 2.27. The lowest BCUT2D eigenvalue weighted by molar-refractivity contribution is -0.144. The molecule has 0 unspecified atom stereocenters. The molecule has 0 saturated carbocycles. The van der Waals surface area contributed by atoms with Gasteiger partial charge in [0.25, 0.3) is 0 Å². The second-order valence-electron chi connectivity index (χ2n) is 3.22. The van der Waals surface area contributed by atoms with Crippen LogP contribution in [0, 0.1) is 0 Å². The first-order chi connectivity index (χ1) is 7.91. The van der Waals surface area contributed by atoms with Crippen LogP contribution in [0.3, 0.4) is 0 Å². The van der Waals surface area contributed by atoms with E-state index in [2.05, 4.69) is 9.97 Å². The number of nitrogens with zero attached hydrogens (tertiary/aromatic N) is 2. The Labute approximate surface area is 99.2 Å². The van der Waals surface area contributed by atoms with E-state index in [1.807, 2.05) is 0 Å². The maximum atomic E-state index is 12.4. The molecular formula is C10H6ClF3N2O. The Morgan fingerprint density at radius 1 is 1.24 bits per heavy atom. The van der Waals surface area contributed by atoms with Gasteiger partial charge in [0.1, 0.15) is 10.9 Å². The molecule has 0 aliphatic heterocycles. The molecular weight excluding hydrogens is 257 g/mol. The van der Waals surface area contributed by atoms with E-state index in [1.165, 1.54) is 25.3 Å². The van der Waals surface area contributed by atoms with Gasteiger partial charge in [-0.25, -0.2) is 9.97 Å². The van der Waals surface area contributed by atoms with Crippen molar-refractivity contribution in [2.75, 3.05) is 7.11 Å². The minimum Gasteiger partial charge on any atom is -0.497 e. The van der Waals surface area contributed by atoms with Crippen LogP contribution in [0.2, 0.25) is 5.15 Å². The molecule has 1 aromatic carbocycles. The van der Waals surface area contributed by atoms with E-state index in [0.717, 1.165) is 0 Å². The van der Waals surface area contributed by atoms with Crippen molar-refractivity contribution in [1.29, 1.82) is 0 Å². The predicted octanol–water partition coefficient (Wildman–Crippen LogP) is 3.31. The van der Waals surface area contributed by atoms with Crippen LogP contribution in [0.4, 0.5) is 13.2 Å². The van der Waals surface area contributed by atoms with Gasteiger partial charge in [-0.2, -0.15) is 13.2 Å². The van der Waals surface area contributed by atoms with Crippen LogP contribution in [0.25, 0.3) is 10.9 Å². The van der Waals surface area contributed by atoms with Gasteiger partial charge in [0, 0.05) is 5.39 Å². The summed E-state index contributed by atoms with van der Waals surface area (Å²) in [5.74, 6) is -0.775. The first-order valence-corrected chi connectivity index (χ1v) is 4.88. The van der Waals surface area contributed by atoms with Crippen molar-refractivity contribution in [3.63, 3.8) is 0 Å². The molecule has 0 aliphatic rings. The highest BCUT2D eigenvalue weighted by molar-refractivity contribution is 6.34. The molecule has 0 saturated heterocycles. The summed E-state index contributed by atoms with van der Waals surface area (Å²) in [6.45, 7) is 0. The summed E-state index contributed by atoms with van der Waals surface area (Å²) in [5, 5.41) is 0.0697. The predicted molar refractivity (Wildman–Crippen MR) is 56.1 cm³/mol. The molecule has 17 heavy (non-hydrogen) atoms. The SMILES string of the molecule is COc1ccc2nc(C(F)(F)F)nc(Cl)c2c1. The first-order valence-electron chi connectivity index (χ1n) is 4.50. The molecule has 0 atom stereocenters. The lowest BCUT2D eigenvalue weighted by Gasteiger charge is -2.08. The van der Waals surface area contributed by atoms with Crippen LogP contribution >= 0.6 is 11.6 Å². The quantitative estimate of drug-likeness (QED) is 0.740. The summed E-state index contributed by atoms with van der Waals surface area (Å²) in [6.07, 6.45) is -4.61. The van der Waals surface area contributed by atoms with E-state index >= 15 is 0 Å². The Balaban J connectivity index is 2.68. The fraction of sp³-hybridized carbons (Fsp3) is 0.200. The Morgan fingerprint density at radius 3 is 2.53 bits per heavy atom. The first kappa shape index (κ1) is 11.9. The molecule has 0 aliphatic carbocycles. The number of hydrogen-bond donors (Lipinski definition) is 0. The van der Waals surface area contributed by atoms with Crippen LogP contribution in [0.15, 0.2) is 18.2 Å². The largest absolute Gasteiger partial charge is 0.497 e. The van der Waals surface area contributed by atoms with Crippen LogP contribution < -0.4 is 4.74 Å². The van der Waals surface area contributed by atoms with Crippen molar-refractivity contribution < 1.29 is 17.9 Å². The Hall–Kier alpha value is -1.56. The zero-order chi connectivity index (χ0) is 12.6. The van der Waals surface area contributed by atoms with E-state index in [0.29, 0.717) is 11.1 Å². The van der Waals surface area contributed by atoms with Crippen LogP contribution in [-0.2, 0) is 6.18 Å². The van der Waals surface area contributed by atoms with E-state index < -0.39 is 12.0 Å². The van der Waals surface area contributed by atoms with E-state index in [-0.39, 0.29) is 10.7 Å². The highest BCUT2D eigenvalue weighted by atomic mass is 35.5. The minimum atomic E-state index is -4.61. The number of alkyl halides is 3. The number of halogens is 4. The van der Waals surface area contributed by atoms with Crippen molar-refractivity contribution in [2.24, 2.45) is 0 Å². The van der Waals surface area contributed by atoms with Gasteiger partial charge >= 0.3 is 6.18 Å². The van der Waals surface area contributed by atoms with Crippen molar-refractivity contribution >= 4 is 22.5 Å². The summed E-state index contributed by atoms with van der Waals surface area (Å²) < 4.78 is 42.2. The zero-order valence-electron chi connectivity index (χ0n) is 8.55. The van der Waals surface area contributed by atoms with Gasteiger partial charge in [0.2, 0.25) is 5.82 Å². The monoisotopic (exact) mass is 262 g/mol. The van der Waals surface area contributed by atoms with Crippen LogP contribution in [-0.4, -0.2) is 17.1 Å². The zero-order valence-corrected chi connectivity index (χ0v) is 9.30. The maximum Gasteiger partial charge on any atom is 0.451 e. The topological polar surface area (TPSA) is 35.0 Å². The number of fused-ring (bicyclic) bond motifs is 1. The number of benzene rings is 1. The van der Waals surface area contributed by atoms with Crippen molar-refractivity contribution in [2.45, 2.75) is 6.18 Å². The van der Waals surface area contributed by atoms with Crippen molar-refractivity contribution in [3.05, 3.63) is 29.2 Å². The second-order valence-corrected chi connectivity index (χ2v) is 3.58. The molecule has 3 nitrogen and oxygen atoms in total. The highest BCUT2D eigenvalue weighted by Crippen LogP contribution is 2.31. The summed E-state index contributed by atoms with van der Waals surface area (Å²) in [6, 6.07) is 4.39. The molecule has 0 bridgehead atoms. The number of rotatable bonds is 1. The van der Waals surface area contributed by atoms with Gasteiger partial charge in [0.05, 0.1) is 12.6 Å². The van der Waals surface area contributed by atoms with Gasteiger partial charge in [-0.1, -0.05) is 11.6 Å². The number of methoxy groups -OCH3 is 1.